The molecule has 4 heteroatoms. The van der Waals surface area contributed by atoms with Gasteiger partial charge in [-0.1, -0.05) is 12.8 Å². The van der Waals surface area contributed by atoms with Crippen LogP contribution in [-0.4, -0.2) is 28.4 Å². The molecule has 1 unspecified atom stereocenters. The highest BCUT2D eigenvalue weighted by atomic mass is 16.2. The third kappa shape index (κ3) is 2.88. The number of likely N-dealkylation sites (tertiary alicyclic amines) is 1. The Morgan fingerprint density at radius 1 is 1.50 bits per heavy atom. The molecule has 2 rings (SSSR count). The Morgan fingerprint density at radius 2 is 2.33 bits per heavy atom. The van der Waals surface area contributed by atoms with Crippen molar-refractivity contribution in [3.63, 3.8) is 0 Å². The molecule has 98 valence electrons. The van der Waals surface area contributed by atoms with Gasteiger partial charge in [0.25, 0.3) is 5.91 Å². The van der Waals surface area contributed by atoms with Gasteiger partial charge in [0.15, 0.2) is 0 Å². The van der Waals surface area contributed by atoms with E-state index >= 15 is 0 Å². The van der Waals surface area contributed by atoms with Gasteiger partial charge < -0.3 is 10.6 Å². The van der Waals surface area contributed by atoms with Crippen molar-refractivity contribution < 1.29 is 4.79 Å². The Labute approximate surface area is 108 Å². The van der Waals surface area contributed by atoms with Gasteiger partial charge in [0.2, 0.25) is 0 Å². The van der Waals surface area contributed by atoms with E-state index in [0.29, 0.717) is 18.2 Å². The van der Waals surface area contributed by atoms with Crippen LogP contribution in [0.25, 0.3) is 0 Å². The van der Waals surface area contributed by atoms with Gasteiger partial charge in [-0.15, -0.1) is 0 Å². The van der Waals surface area contributed by atoms with Crippen molar-refractivity contribution >= 4 is 5.91 Å². The summed E-state index contributed by atoms with van der Waals surface area (Å²) < 4.78 is 0. The molecule has 18 heavy (non-hydrogen) atoms. The summed E-state index contributed by atoms with van der Waals surface area (Å²) >= 11 is 0. The molecule has 2 N–H and O–H groups in total. The van der Waals surface area contributed by atoms with Crippen molar-refractivity contribution in [1.29, 1.82) is 0 Å². The van der Waals surface area contributed by atoms with E-state index in [1.807, 2.05) is 4.90 Å². The second-order valence-corrected chi connectivity index (χ2v) is 4.94. The van der Waals surface area contributed by atoms with Gasteiger partial charge in [-0.2, -0.15) is 0 Å². The predicted octanol–water partition coefficient (Wildman–Crippen LogP) is 1.95. The van der Waals surface area contributed by atoms with Crippen molar-refractivity contribution in [2.24, 2.45) is 5.73 Å². The first-order valence-corrected chi connectivity index (χ1v) is 6.68. The summed E-state index contributed by atoms with van der Waals surface area (Å²) in [7, 11) is 0. The van der Waals surface area contributed by atoms with E-state index in [1.54, 1.807) is 18.3 Å². The molecule has 1 amide bonds. The van der Waals surface area contributed by atoms with Crippen molar-refractivity contribution in [1.82, 2.24) is 9.88 Å². The number of aromatic nitrogens is 1. The number of nitrogens with two attached hydrogens (primary N) is 1. The van der Waals surface area contributed by atoms with Crippen molar-refractivity contribution in [2.45, 2.75) is 45.2 Å². The van der Waals surface area contributed by atoms with Crippen LogP contribution in [0.15, 0.2) is 18.3 Å². The van der Waals surface area contributed by atoms with Gasteiger partial charge in [0.1, 0.15) is 0 Å². The Hall–Kier alpha value is -1.42. The number of nitrogens with zero attached hydrogens (tertiary/aromatic N) is 2. The number of carbonyl (C=O) groups is 1. The molecule has 2 heterocycles. The molecule has 1 aliphatic rings. The number of carbonyl (C=O) groups excluding carboxylic acids is 1. The highest BCUT2D eigenvalue weighted by Crippen LogP contribution is 2.19. The SMILES string of the molecule is CC1CCCCCN1C(=O)c1ccnc(CN)c1. The third-order valence-corrected chi connectivity index (χ3v) is 3.59. The zero-order valence-electron chi connectivity index (χ0n) is 10.9. The molecule has 0 spiro atoms. The van der Waals surface area contributed by atoms with Crippen LogP contribution in [0, 0.1) is 0 Å². The maximum Gasteiger partial charge on any atom is 0.254 e. The Morgan fingerprint density at radius 3 is 3.11 bits per heavy atom. The first-order valence-electron chi connectivity index (χ1n) is 6.68. The second kappa shape index (κ2) is 5.96. The summed E-state index contributed by atoms with van der Waals surface area (Å²) in [6.45, 7) is 3.37. The minimum Gasteiger partial charge on any atom is -0.336 e. The maximum atomic E-state index is 12.5. The molecule has 0 radical (unpaired) electrons. The lowest BCUT2D eigenvalue weighted by Gasteiger charge is -2.27. The van der Waals surface area contributed by atoms with Gasteiger partial charge in [-0.05, 0) is 31.9 Å². The minimum atomic E-state index is 0.113. The lowest BCUT2D eigenvalue weighted by molar-refractivity contribution is 0.0697. The lowest BCUT2D eigenvalue weighted by atomic mass is 10.1. The molecule has 1 aromatic rings. The van der Waals surface area contributed by atoms with Crippen LogP contribution in [0.4, 0.5) is 0 Å². The summed E-state index contributed by atoms with van der Waals surface area (Å²) in [6, 6.07) is 3.91. The first-order chi connectivity index (χ1) is 8.72. The molecule has 1 fully saturated rings. The number of amides is 1. The van der Waals surface area contributed by atoms with Gasteiger partial charge in [-0.25, -0.2) is 0 Å². The molecule has 0 bridgehead atoms. The monoisotopic (exact) mass is 247 g/mol. The van der Waals surface area contributed by atoms with Crippen LogP contribution in [0.1, 0.15) is 48.7 Å². The maximum absolute atomic E-state index is 12.5. The second-order valence-electron chi connectivity index (χ2n) is 4.94. The smallest absolute Gasteiger partial charge is 0.254 e. The van der Waals surface area contributed by atoms with Crippen LogP contribution < -0.4 is 5.73 Å². The number of hydrogen-bond donors (Lipinski definition) is 1. The molecular formula is C14H21N3O. The summed E-state index contributed by atoms with van der Waals surface area (Å²) in [5, 5.41) is 0. The quantitative estimate of drug-likeness (QED) is 0.869. The van der Waals surface area contributed by atoms with Crippen molar-refractivity contribution in [2.75, 3.05) is 6.54 Å². The van der Waals surface area contributed by atoms with Crippen molar-refractivity contribution in [3.05, 3.63) is 29.6 Å². The topological polar surface area (TPSA) is 59.2 Å². The van der Waals surface area contributed by atoms with Crippen LogP contribution in [0.2, 0.25) is 0 Å². The summed E-state index contributed by atoms with van der Waals surface area (Å²) in [6.07, 6.45) is 6.30. The number of hydrogen-bond acceptors (Lipinski definition) is 3. The number of rotatable bonds is 2. The lowest BCUT2D eigenvalue weighted by Crippen LogP contribution is -2.38. The molecule has 0 saturated carbocycles. The van der Waals surface area contributed by atoms with Gasteiger partial charge >= 0.3 is 0 Å². The molecule has 1 atom stereocenters. The normalized spacial score (nSPS) is 20.6. The van der Waals surface area contributed by atoms with E-state index < -0.39 is 0 Å². The van der Waals surface area contributed by atoms with Crippen LogP contribution in [-0.2, 0) is 6.54 Å². The fourth-order valence-electron chi connectivity index (χ4n) is 2.47. The Kier molecular flexibility index (Phi) is 4.31. The van der Waals surface area contributed by atoms with Crippen LogP contribution >= 0.6 is 0 Å². The van der Waals surface area contributed by atoms with E-state index in [0.717, 1.165) is 25.1 Å². The largest absolute Gasteiger partial charge is 0.336 e. The molecule has 1 aliphatic heterocycles. The van der Waals surface area contributed by atoms with Gasteiger partial charge in [-0.3, -0.25) is 9.78 Å². The summed E-state index contributed by atoms with van der Waals surface area (Å²) in [4.78, 5) is 18.6. The number of pyridine rings is 1. The highest BCUT2D eigenvalue weighted by molar-refractivity contribution is 5.94. The fraction of sp³-hybridized carbons (Fsp3) is 0.571. The average molecular weight is 247 g/mol. The Balaban J connectivity index is 2.18. The molecule has 1 saturated heterocycles. The van der Waals surface area contributed by atoms with E-state index in [-0.39, 0.29) is 5.91 Å². The molecule has 1 aromatic heterocycles. The highest BCUT2D eigenvalue weighted by Gasteiger charge is 2.23. The predicted molar refractivity (Wildman–Crippen MR) is 71.1 cm³/mol. The molecule has 0 aliphatic carbocycles. The molecular weight excluding hydrogens is 226 g/mol. The zero-order valence-corrected chi connectivity index (χ0v) is 10.9. The summed E-state index contributed by atoms with van der Waals surface area (Å²) in [5.41, 5.74) is 7.04. The Bertz CT molecular complexity index is 419. The average Bonchev–Trinajstić information content (AvgIpc) is 2.62. The zero-order chi connectivity index (χ0) is 13.0. The van der Waals surface area contributed by atoms with E-state index in [2.05, 4.69) is 11.9 Å². The van der Waals surface area contributed by atoms with Gasteiger partial charge in [0.05, 0.1) is 5.69 Å². The van der Waals surface area contributed by atoms with Crippen LogP contribution in [0.5, 0.6) is 0 Å². The first kappa shape index (κ1) is 13.0. The summed E-state index contributed by atoms with van der Waals surface area (Å²) in [5.74, 6) is 0.113. The molecule has 4 nitrogen and oxygen atoms in total. The van der Waals surface area contributed by atoms with E-state index in [1.165, 1.54) is 12.8 Å². The molecule has 0 aromatic carbocycles. The van der Waals surface area contributed by atoms with Crippen molar-refractivity contribution in [3.8, 4) is 0 Å². The van der Waals surface area contributed by atoms with Gasteiger partial charge in [0, 0.05) is 30.9 Å². The third-order valence-electron chi connectivity index (χ3n) is 3.59. The van der Waals surface area contributed by atoms with Crippen LogP contribution in [0.3, 0.4) is 0 Å². The fourth-order valence-corrected chi connectivity index (χ4v) is 2.47. The van der Waals surface area contributed by atoms with E-state index in [9.17, 15) is 4.79 Å². The standard InChI is InChI=1S/C14H21N3O/c1-11-5-3-2-4-8-17(11)14(18)12-6-7-16-13(9-12)10-15/h6-7,9,11H,2-5,8,10,15H2,1H3. The van der Waals surface area contributed by atoms with E-state index in [4.69, 9.17) is 5.73 Å². The minimum absolute atomic E-state index is 0.113.